The Morgan fingerprint density at radius 3 is 3.00 bits per heavy atom. The number of aromatic nitrogens is 1. The number of amides is 1. The van der Waals surface area contributed by atoms with E-state index in [0.717, 1.165) is 22.7 Å². The molecular formula is C15H17N3OS. The summed E-state index contributed by atoms with van der Waals surface area (Å²) >= 11 is 1.60. The van der Waals surface area contributed by atoms with Crippen molar-refractivity contribution < 1.29 is 4.79 Å². The molecule has 4 nitrogen and oxygen atoms in total. The third-order valence-electron chi connectivity index (χ3n) is 3.67. The van der Waals surface area contributed by atoms with Gasteiger partial charge in [-0.1, -0.05) is 18.2 Å². The molecule has 0 saturated heterocycles. The zero-order chi connectivity index (χ0) is 14.1. The molecule has 1 aliphatic heterocycles. The first-order valence-corrected chi connectivity index (χ1v) is 7.51. The summed E-state index contributed by atoms with van der Waals surface area (Å²) in [7, 11) is 1.85. The Balaban J connectivity index is 1.67. The van der Waals surface area contributed by atoms with Gasteiger partial charge in [-0.05, 0) is 18.6 Å². The highest BCUT2D eigenvalue weighted by atomic mass is 32.1. The van der Waals surface area contributed by atoms with E-state index < -0.39 is 0 Å². The highest BCUT2D eigenvalue weighted by Gasteiger charge is 2.28. The first-order chi connectivity index (χ1) is 9.65. The molecule has 0 unspecified atom stereocenters. The summed E-state index contributed by atoms with van der Waals surface area (Å²) in [6.45, 7) is 2.61. The molecule has 0 fully saturated rings. The van der Waals surface area contributed by atoms with Crippen molar-refractivity contribution in [1.82, 2.24) is 9.88 Å². The quantitative estimate of drug-likeness (QED) is 0.943. The average Bonchev–Trinajstić information content (AvgIpc) is 3.04. The predicted molar refractivity (Wildman–Crippen MR) is 80.9 cm³/mol. The van der Waals surface area contributed by atoms with Crippen molar-refractivity contribution in [3.63, 3.8) is 0 Å². The first kappa shape index (κ1) is 13.1. The molecule has 1 amide bonds. The predicted octanol–water partition coefficient (Wildman–Crippen LogP) is 2.45. The lowest BCUT2D eigenvalue weighted by molar-refractivity contribution is -0.131. The van der Waals surface area contributed by atoms with Crippen LogP contribution in [0.3, 0.4) is 0 Å². The Hall–Kier alpha value is -1.88. The summed E-state index contributed by atoms with van der Waals surface area (Å²) < 4.78 is 0. The summed E-state index contributed by atoms with van der Waals surface area (Å²) in [5, 5.41) is 3.31. The van der Waals surface area contributed by atoms with E-state index in [-0.39, 0.29) is 11.9 Å². The number of para-hydroxylation sites is 1. The van der Waals surface area contributed by atoms with Crippen molar-refractivity contribution in [2.45, 2.75) is 25.9 Å². The molecule has 20 heavy (non-hydrogen) atoms. The lowest BCUT2D eigenvalue weighted by atomic mass is 10.1. The number of fused-ring (bicyclic) bond motifs is 1. The summed E-state index contributed by atoms with van der Waals surface area (Å²) in [5.74, 6) is 0.133. The van der Waals surface area contributed by atoms with Crippen molar-refractivity contribution in [1.29, 1.82) is 0 Å². The number of rotatable bonds is 3. The zero-order valence-corrected chi connectivity index (χ0v) is 12.4. The van der Waals surface area contributed by atoms with Gasteiger partial charge in [-0.15, -0.1) is 11.3 Å². The van der Waals surface area contributed by atoms with Gasteiger partial charge >= 0.3 is 0 Å². The Labute approximate surface area is 122 Å². The number of likely N-dealkylation sites (N-methyl/N-ethyl adjacent to an activating group) is 1. The van der Waals surface area contributed by atoms with Crippen LogP contribution in [0, 0.1) is 6.92 Å². The average molecular weight is 287 g/mol. The van der Waals surface area contributed by atoms with Crippen LogP contribution in [0.5, 0.6) is 0 Å². The van der Waals surface area contributed by atoms with Crippen LogP contribution in [0.1, 0.15) is 16.1 Å². The van der Waals surface area contributed by atoms with Crippen molar-refractivity contribution in [2.24, 2.45) is 0 Å². The number of thiazole rings is 1. The lowest BCUT2D eigenvalue weighted by Gasteiger charge is -2.21. The van der Waals surface area contributed by atoms with Crippen LogP contribution in [-0.2, 0) is 17.8 Å². The molecule has 2 heterocycles. The zero-order valence-electron chi connectivity index (χ0n) is 11.6. The van der Waals surface area contributed by atoms with E-state index in [1.54, 1.807) is 16.2 Å². The highest BCUT2D eigenvalue weighted by molar-refractivity contribution is 7.09. The number of carbonyl (C=O) groups excluding carboxylic acids is 1. The van der Waals surface area contributed by atoms with Crippen LogP contribution >= 0.6 is 11.3 Å². The largest absolute Gasteiger partial charge is 0.373 e. The fourth-order valence-corrected chi connectivity index (χ4v) is 3.31. The number of aryl methyl sites for hydroxylation is 1. The summed E-state index contributed by atoms with van der Waals surface area (Å²) in [4.78, 5) is 19.7. The molecular weight excluding hydrogens is 270 g/mol. The van der Waals surface area contributed by atoms with Gasteiger partial charge in [-0.2, -0.15) is 0 Å². The van der Waals surface area contributed by atoms with Gasteiger partial charge in [0.25, 0.3) is 0 Å². The van der Waals surface area contributed by atoms with Gasteiger partial charge in [0.05, 0.1) is 17.7 Å². The minimum Gasteiger partial charge on any atom is -0.373 e. The standard InChI is InChI=1S/C15H17N3OS/c1-10-14(20-9-16-10)8-18(2)15(19)13-7-11-5-3-4-6-12(11)17-13/h3-6,9,13,17H,7-8H2,1-2H3/t13-/m0/s1. The SMILES string of the molecule is Cc1ncsc1CN(C)C(=O)[C@@H]1Cc2ccccc2N1. The molecule has 1 aromatic heterocycles. The molecule has 0 bridgehead atoms. The van der Waals surface area contributed by atoms with Crippen LogP contribution in [-0.4, -0.2) is 28.9 Å². The maximum absolute atomic E-state index is 12.5. The van der Waals surface area contributed by atoms with E-state index in [0.29, 0.717) is 6.54 Å². The number of hydrogen-bond acceptors (Lipinski definition) is 4. The number of carbonyl (C=O) groups is 1. The Kier molecular flexibility index (Phi) is 3.44. The molecule has 0 spiro atoms. The van der Waals surface area contributed by atoms with E-state index in [1.165, 1.54) is 5.56 Å². The molecule has 5 heteroatoms. The molecule has 1 aromatic carbocycles. The maximum Gasteiger partial charge on any atom is 0.245 e. The monoisotopic (exact) mass is 287 g/mol. The van der Waals surface area contributed by atoms with Gasteiger partial charge in [0.1, 0.15) is 6.04 Å². The molecule has 1 N–H and O–H groups in total. The van der Waals surface area contributed by atoms with Crippen molar-refractivity contribution in [2.75, 3.05) is 12.4 Å². The van der Waals surface area contributed by atoms with Gasteiger partial charge in [0, 0.05) is 24.0 Å². The minimum atomic E-state index is -0.148. The van der Waals surface area contributed by atoms with Gasteiger partial charge in [-0.3, -0.25) is 4.79 Å². The summed E-state index contributed by atoms with van der Waals surface area (Å²) in [6, 6.07) is 7.95. The smallest absolute Gasteiger partial charge is 0.245 e. The highest BCUT2D eigenvalue weighted by Crippen LogP contribution is 2.26. The molecule has 1 aliphatic rings. The van der Waals surface area contributed by atoms with Crippen LogP contribution in [0.2, 0.25) is 0 Å². The van der Waals surface area contributed by atoms with E-state index in [1.807, 2.05) is 37.7 Å². The maximum atomic E-state index is 12.5. The van der Waals surface area contributed by atoms with Crippen molar-refractivity contribution in [3.8, 4) is 0 Å². The molecule has 1 atom stereocenters. The molecule has 3 rings (SSSR count). The lowest BCUT2D eigenvalue weighted by Crippen LogP contribution is -2.39. The number of nitrogens with one attached hydrogen (secondary N) is 1. The second-order valence-electron chi connectivity index (χ2n) is 5.11. The second kappa shape index (κ2) is 5.25. The van der Waals surface area contributed by atoms with Crippen molar-refractivity contribution >= 4 is 22.9 Å². The molecule has 104 valence electrons. The van der Waals surface area contributed by atoms with Crippen LogP contribution in [0.25, 0.3) is 0 Å². The number of benzene rings is 1. The summed E-state index contributed by atoms with van der Waals surface area (Å²) in [6.07, 6.45) is 0.765. The normalized spacial score (nSPS) is 16.6. The molecule has 0 radical (unpaired) electrons. The van der Waals surface area contributed by atoms with Crippen molar-refractivity contribution in [3.05, 3.63) is 45.9 Å². The number of hydrogen-bond donors (Lipinski definition) is 1. The van der Waals surface area contributed by atoms with E-state index >= 15 is 0 Å². The minimum absolute atomic E-state index is 0.133. The number of nitrogens with zero attached hydrogens (tertiary/aromatic N) is 2. The third kappa shape index (κ3) is 2.41. The van der Waals surface area contributed by atoms with Gasteiger partial charge < -0.3 is 10.2 Å². The molecule has 0 saturated carbocycles. The Bertz CT molecular complexity index is 613. The fraction of sp³-hybridized carbons (Fsp3) is 0.333. The van der Waals surface area contributed by atoms with Crippen LogP contribution < -0.4 is 5.32 Å². The van der Waals surface area contributed by atoms with E-state index in [9.17, 15) is 4.79 Å². The van der Waals surface area contributed by atoms with Gasteiger partial charge in [0.15, 0.2) is 0 Å². The van der Waals surface area contributed by atoms with E-state index in [2.05, 4.69) is 16.4 Å². The van der Waals surface area contributed by atoms with Gasteiger partial charge in [0.2, 0.25) is 5.91 Å². The van der Waals surface area contributed by atoms with E-state index in [4.69, 9.17) is 0 Å². The van der Waals surface area contributed by atoms with Crippen LogP contribution in [0.4, 0.5) is 5.69 Å². The second-order valence-corrected chi connectivity index (χ2v) is 6.05. The topological polar surface area (TPSA) is 45.2 Å². The molecule has 2 aromatic rings. The van der Waals surface area contributed by atoms with Crippen LogP contribution in [0.15, 0.2) is 29.8 Å². The Morgan fingerprint density at radius 2 is 2.30 bits per heavy atom. The first-order valence-electron chi connectivity index (χ1n) is 6.63. The molecule has 0 aliphatic carbocycles. The fourth-order valence-electron chi connectivity index (χ4n) is 2.48. The number of anilines is 1. The third-order valence-corrected chi connectivity index (χ3v) is 4.59. The summed E-state index contributed by atoms with van der Waals surface area (Å²) in [5.41, 5.74) is 5.13. The Morgan fingerprint density at radius 1 is 1.50 bits per heavy atom. The van der Waals surface area contributed by atoms with Gasteiger partial charge in [-0.25, -0.2) is 4.98 Å².